The molecule has 0 atom stereocenters. The second kappa shape index (κ2) is 4.51. The van der Waals surface area contributed by atoms with Crippen molar-refractivity contribution in [3.63, 3.8) is 0 Å². The van der Waals surface area contributed by atoms with Gasteiger partial charge in [-0.3, -0.25) is 0 Å². The Bertz CT molecular complexity index is 736. The Morgan fingerprint density at radius 1 is 1.28 bits per heavy atom. The Labute approximate surface area is 123 Å². The van der Waals surface area contributed by atoms with E-state index in [1.165, 1.54) is 0 Å². The quantitative estimate of drug-likeness (QED) is 0.481. The molecule has 90 valence electrons. The molecule has 0 aliphatic carbocycles. The highest BCUT2D eigenvalue weighted by atomic mass is 127. The number of pyridine rings is 1. The molecule has 0 saturated carbocycles. The van der Waals surface area contributed by atoms with Gasteiger partial charge >= 0.3 is 0 Å². The zero-order valence-corrected chi connectivity index (χ0v) is 12.5. The molecule has 0 fully saturated rings. The van der Waals surface area contributed by atoms with Crippen molar-refractivity contribution in [3.8, 4) is 11.4 Å². The fourth-order valence-electron chi connectivity index (χ4n) is 1.97. The molecular formula is C13H9ClIN3. The standard InChI is InChI=1S/C13H9ClIN3/c1-18-11-5-3-2-4-10(11)17-13(18)8-6-12(15)16-7-9(8)14/h2-7H,1H3. The molecule has 0 aliphatic rings. The van der Waals surface area contributed by atoms with Crippen molar-refractivity contribution in [1.29, 1.82) is 0 Å². The highest BCUT2D eigenvalue weighted by Gasteiger charge is 2.13. The Balaban J connectivity index is 2.31. The zero-order valence-electron chi connectivity index (χ0n) is 9.56. The summed E-state index contributed by atoms with van der Waals surface area (Å²) >= 11 is 8.38. The van der Waals surface area contributed by atoms with Gasteiger partial charge in [0, 0.05) is 18.8 Å². The van der Waals surface area contributed by atoms with E-state index < -0.39 is 0 Å². The van der Waals surface area contributed by atoms with Crippen molar-refractivity contribution < 1.29 is 0 Å². The summed E-state index contributed by atoms with van der Waals surface area (Å²) in [6, 6.07) is 9.98. The lowest BCUT2D eigenvalue weighted by Crippen LogP contribution is -1.94. The number of halogens is 2. The first-order valence-electron chi connectivity index (χ1n) is 5.39. The van der Waals surface area contributed by atoms with Crippen LogP contribution in [0.25, 0.3) is 22.4 Å². The number of imidazole rings is 1. The first kappa shape index (κ1) is 11.9. The normalized spacial score (nSPS) is 11.1. The minimum atomic E-state index is 0.619. The molecule has 0 bridgehead atoms. The van der Waals surface area contributed by atoms with Crippen molar-refractivity contribution in [2.75, 3.05) is 0 Å². The van der Waals surface area contributed by atoms with E-state index in [0.717, 1.165) is 26.1 Å². The molecule has 5 heteroatoms. The fraction of sp³-hybridized carbons (Fsp3) is 0.0769. The van der Waals surface area contributed by atoms with Crippen LogP contribution < -0.4 is 0 Å². The molecule has 0 saturated heterocycles. The second-order valence-corrected chi connectivity index (χ2v) is 5.48. The molecule has 2 aromatic heterocycles. The number of fused-ring (bicyclic) bond motifs is 1. The number of rotatable bonds is 1. The largest absolute Gasteiger partial charge is 0.327 e. The van der Waals surface area contributed by atoms with Crippen LogP contribution in [0.3, 0.4) is 0 Å². The SMILES string of the molecule is Cn1c(-c2cc(I)ncc2Cl)nc2ccccc21. The van der Waals surface area contributed by atoms with Gasteiger partial charge in [0.2, 0.25) is 0 Å². The van der Waals surface area contributed by atoms with Crippen LogP contribution in [-0.2, 0) is 7.05 Å². The molecule has 0 spiro atoms. The predicted molar refractivity (Wildman–Crippen MR) is 81.7 cm³/mol. The Kier molecular flexibility index (Phi) is 2.99. The van der Waals surface area contributed by atoms with Crippen molar-refractivity contribution in [2.45, 2.75) is 0 Å². The maximum atomic E-state index is 6.21. The summed E-state index contributed by atoms with van der Waals surface area (Å²) in [6.07, 6.45) is 1.66. The van der Waals surface area contributed by atoms with Gasteiger partial charge in [-0.1, -0.05) is 23.7 Å². The van der Waals surface area contributed by atoms with E-state index in [2.05, 4.69) is 32.6 Å². The van der Waals surface area contributed by atoms with Gasteiger partial charge < -0.3 is 4.57 Å². The van der Waals surface area contributed by atoms with Crippen molar-refractivity contribution in [3.05, 3.63) is 45.3 Å². The minimum absolute atomic E-state index is 0.619. The molecule has 3 rings (SSSR count). The molecule has 0 radical (unpaired) electrons. The van der Waals surface area contributed by atoms with Crippen LogP contribution in [0.1, 0.15) is 0 Å². The van der Waals surface area contributed by atoms with E-state index in [0.29, 0.717) is 5.02 Å². The lowest BCUT2D eigenvalue weighted by Gasteiger charge is -2.04. The number of hydrogen-bond donors (Lipinski definition) is 0. The van der Waals surface area contributed by atoms with Crippen molar-refractivity contribution in [1.82, 2.24) is 14.5 Å². The Hall–Kier alpha value is -1.14. The molecule has 18 heavy (non-hydrogen) atoms. The molecule has 3 nitrogen and oxygen atoms in total. The maximum absolute atomic E-state index is 6.21. The second-order valence-electron chi connectivity index (χ2n) is 3.97. The summed E-state index contributed by atoms with van der Waals surface area (Å²) in [5.74, 6) is 0.863. The van der Waals surface area contributed by atoms with Crippen LogP contribution in [0.4, 0.5) is 0 Å². The van der Waals surface area contributed by atoms with Crippen molar-refractivity contribution in [2.24, 2.45) is 7.05 Å². The average Bonchev–Trinajstić information content (AvgIpc) is 2.71. The molecule has 2 heterocycles. The summed E-state index contributed by atoms with van der Waals surface area (Å²) in [7, 11) is 1.99. The van der Waals surface area contributed by atoms with E-state index in [9.17, 15) is 0 Å². The lowest BCUT2D eigenvalue weighted by atomic mass is 10.2. The third-order valence-electron chi connectivity index (χ3n) is 2.85. The smallest absolute Gasteiger partial charge is 0.142 e. The van der Waals surface area contributed by atoms with Crippen LogP contribution in [0.15, 0.2) is 36.5 Å². The Morgan fingerprint density at radius 3 is 2.83 bits per heavy atom. The monoisotopic (exact) mass is 369 g/mol. The van der Waals surface area contributed by atoms with Gasteiger partial charge in [-0.25, -0.2) is 9.97 Å². The summed E-state index contributed by atoms with van der Waals surface area (Å²) in [6.45, 7) is 0. The van der Waals surface area contributed by atoms with E-state index in [4.69, 9.17) is 11.6 Å². The van der Waals surface area contributed by atoms with E-state index >= 15 is 0 Å². The van der Waals surface area contributed by atoms with E-state index in [-0.39, 0.29) is 0 Å². The van der Waals surface area contributed by atoms with Crippen LogP contribution >= 0.6 is 34.2 Å². The minimum Gasteiger partial charge on any atom is -0.327 e. The van der Waals surface area contributed by atoms with Crippen molar-refractivity contribution >= 4 is 45.2 Å². The van der Waals surface area contributed by atoms with Gasteiger partial charge in [0.05, 0.1) is 16.1 Å². The fourth-order valence-corrected chi connectivity index (χ4v) is 2.61. The van der Waals surface area contributed by atoms with Gasteiger partial charge in [-0.15, -0.1) is 0 Å². The lowest BCUT2D eigenvalue weighted by molar-refractivity contribution is 0.958. The number of hydrogen-bond acceptors (Lipinski definition) is 2. The molecular weight excluding hydrogens is 361 g/mol. The summed E-state index contributed by atoms with van der Waals surface area (Å²) in [4.78, 5) is 8.80. The van der Waals surface area contributed by atoms with Crippen LogP contribution in [0.2, 0.25) is 5.02 Å². The summed E-state index contributed by atoms with van der Waals surface area (Å²) in [5.41, 5.74) is 2.98. The van der Waals surface area contributed by atoms with Crippen LogP contribution in [-0.4, -0.2) is 14.5 Å². The number of aryl methyl sites for hydroxylation is 1. The molecule has 0 amide bonds. The molecule has 3 aromatic rings. The third-order valence-corrected chi connectivity index (χ3v) is 3.74. The zero-order chi connectivity index (χ0) is 12.7. The highest BCUT2D eigenvalue weighted by Crippen LogP contribution is 2.29. The topological polar surface area (TPSA) is 30.7 Å². The Morgan fingerprint density at radius 2 is 2.06 bits per heavy atom. The first-order valence-corrected chi connectivity index (χ1v) is 6.85. The number of aromatic nitrogens is 3. The van der Waals surface area contributed by atoms with Gasteiger partial charge in [0.1, 0.15) is 9.53 Å². The number of para-hydroxylation sites is 2. The molecule has 0 N–H and O–H groups in total. The first-order chi connectivity index (χ1) is 8.66. The van der Waals surface area contributed by atoms with E-state index in [1.54, 1.807) is 6.20 Å². The average molecular weight is 370 g/mol. The van der Waals surface area contributed by atoms with Crippen LogP contribution in [0, 0.1) is 3.70 Å². The maximum Gasteiger partial charge on any atom is 0.142 e. The molecule has 1 aromatic carbocycles. The van der Waals surface area contributed by atoms with Gasteiger partial charge in [-0.05, 0) is 40.8 Å². The molecule has 0 aliphatic heterocycles. The summed E-state index contributed by atoms with van der Waals surface area (Å²) < 4.78 is 2.95. The third kappa shape index (κ3) is 1.89. The van der Waals surface area contributed by atoms with Gasteiger partial charge in [0.15, 0.2) is 0 Å². The number of benzene rings is 1. The van der Waals surface area contributed by atoms with Crippen LogP contribution in [0.5, 0.6) is 0 Å². The van der Waals surface area contributed by atoms with Gasteiger partial charge in [-0.2, -0.15) is 0 Å². The highest BCUT2D eigenvalue weighted by molar-refractivity contribution is 14.1. The summed E-state index contributed by atoms with van der Waals surface area (Å²) in [5, 5.41) is 0.619. The predicted octanol–water partition coefficient (Wildman–Crippen LogP) is 3.89. The molecule has 0 unspecified atom stereocenters. The van der Waals surface area contributed by atoms with Gasteiger partial charge in [0.25, 0.3) is 0 Å². The van der Waals surface area contributed by atoms with E-state index in [1.807, 2.05) is 41.9 Å². The number of nitrogens with zero attached hydrogens (tertiary/aromatic N) is 3.